The van der Waals surface area contributed by atoms with Gasteiger partial charge in [0.2, 0.25) is 15.9 Å². The maximum absolute atomic E-state index is 15.4. The lowest BCUT2D eigenvalue weighted by Crippen LogP contribution is -2.45. The Labute approximate surface area is 213 Å². The molecule has 1 amide bonds. The van der Waals surface area contributed by atoms with Gasteiger partial charge in [-0.25, -0.2) is 12.8 Å². The number of nitrogens with zero attached hydrogens (tertiary/aromatic N) is 2. The molecule has 2 aliphatic rings. The van der Waals surface area contributed by atoms with Crippen LogP contribution in [0.5, 0.6) is 0 Å². The van der Waals surface area contributed by atoms with Gasteiger partial charge in [-0.2, -0.15) is 9.57 Å². The Morgan fingerprint density at radius 1 is 1.14 bits per heavy atom. The number of hydrogen-bond donors (Lipinski definition) is 1. The van der Waals surface area contributed by atoms with Crippen LogP contribution in [-0.2, 0) is 26.8 Å². The summed E-state index contributed by atoms with van der Waals surface area (Å²) in [5.41, 5.74) is 0.866. The zero-order valence-electron chi connectivity index (χ0n) is 20.9. The van der Waals surface area contributed by atoms with Crippen LogP contribution in [0.3, 0.4) is 0 Å². The number of amides is 1. The minimum Gasteiger partial charge on any atom is -0.353 e. The standard InChI is InChI=1S/C28H34FN3O3S/c1-3-27(33)31-24-13-15-28(19-30,16-14-24)23-11-10-22(25(29)17-23)18-32-20(2)9-12-26(36(32,34)35)21-7-5-4-6-8-21/h4-8,10-11,17,20,24,26H,3,9,12-16,18H2,1-2H3,(H,31,33)/t20-,24?,26+,28?/m0/s1. The van der Waals surface area contributed by atoms with E-state index in [9.17, 15) is 18.5 Å². The van der Waals surface area contributed by atoms with E-state index >= 15 is 4.39 Å². The first kappa shape index (κ1) is 26.3. The van der Waals surface area contributed by atoms with E-state index in [0.29, 0.717) is 56.1 Å². The Balaban J connectivity index is 1.53. The van der Waals surface area contributed by atoms with Crippen molar-refractivity contribution in [1.82, 2.24) is 9.62 Å². The lowest BCUT2D eigenvalue weighted by Gasteiger charge is -2.38. The second-order valence-corrected chi connectivity index (χ2v) is 12.2. The van der Waals surface area contributed by atoms with E-state index in [-0.39, 0.29) is 24.5 Å². The Morgan fingerprint density at radius 2 is 1.83 bits per heavy atom. The summed E-state index contributed by atoms with van der Waals surface area (Å²) in [5, 5.41) is 12.4. The van der Waals surface area contributed by atoms with Crippen molar-refractivity contribution < 1.29 is 17.6 Å². The van der Waals surface area contributed by atoms with Gasteiger partial charge in [-0.3, -0.25) is 4.79 Å². The average Bonchev–Trinajstić information content (AvgIpc) is 2.88. The largest absolute Gasteiger partial charge is 0.353 e. The van der Waals surface area contributed by atoms with Gasteiger partial charge in [-0.15, -0.1) is 0 Å². The zero-order valence-corrected chi connectivity index (χ0v) is 21.7. The highest BCUT2D eigenvalue weighted by Gasteiger charge is 2.41. The second kappa shape index (κ2) is 10.7. The van der Waals surface area contributed by atoms with Crippen molar-refractivity contribution in [2.24, 2.45) is 0 Å². The number of nitriles is 1. The molecule has 0 radical (unpaired) electrons. The molecule has 1 aliphatic carbocycles. The summed E-state index contributed by atoms with van der Waals surface area (Å²) in [6.07, 6.45) is 4.05. The molecular weight excluding hydrogens is 477 g/mol. The molecule has 1 saturated heterocycles. The van der Waals surface area contributed by atoms with Crippen molar-refractivity contribution >= 4 is 15.9 Å². The Bertz CT molecular complexity index is 1230. The van der Waals surface area contributed by atoms with Crippen LogP contribution in [0.1, 0.15) is 80.7 Å². The van der Waals surface area contributed by atoms with E-state index in [2.05, 4.69) is 11.4 Å². The lowest BCUT2D eigenvalue weighted by atomic mass is 9.69. The van der Waals surface area contributed by atoms with Gasteiger partial charge < -0.3 is 5.32 Å². The molecule has 2 aromatic carbocycles. The highest BCUT2D eigenvalue weighted by molar-refractivity contribution is 7.89. The quantitative estimate of drug-likeness (QED) is 0.583. The zero-order chi connectivity index (χ0) is 25.9. The number of nitrogens with one attached hydrogen (secondary N) is 1. The predicted molar refractivity (Wildman–Crippen MR) is 137 cm³/mol. The van der Waals surface area contributed by atoms with Gasteiger partial charge in [-0.1, -0.05) is 49.4 Å². The normalized spacial score (nSPS) is 28.2. The number of halogens is 1. The molecular formula is C28H34FN3O3S. The van der Waals surface area contributed by atoms with Crippen molar-refractivity contribution in [3.63, 3.8) is 0 Å². The fraction of sp³-hybridized carbons (Fsp3) is 0.500. The van der Waals surface area contributed by atoms with Gasteiger partial charge in [0.15, 0.2) is 0 Å². The van der Waals surface area contributed by atoms with Crippen LogP contribution < -0.4 is 5.32 Å². The van der Waals surface area contributed by atoms with E-state index < -0.39 is 26.5 Å². The van der Waals surface area contributed by atoms with Gasteiger partial charge in [0.1, 0.15) is 11.1 Å². The molecule has 2 aromatic rings. The highest BCUT2D eigenvalue weighted by atomic mass is 32.2. The third-order valence-corrected chi connectivity index (χ3v) is 10.2. The van der Waals surface area contributed by atoms with E-state index in [4.69, 9.17) is 0 Å². The van der Waals surface area contributed by atoms with Crippen LogP contribution in [0.15, 0.2) is 48.5 Å². The minimum absolute atomic E-state index is 0.00347. The van der Waals surface area contributed by atoms with Gasteiger partial charge >= 0.3 is 0 Å². The van der Waals surface area contributed by atoms with E-state index in [0.717, 1.165) is 5.56 Å². The number of sulfonamides is 1. The van der Waals surface area contributed by atoms with Gasteiger partial charge in [0.05, 0.1) is 11.5 Å². The van der Waals surface area contributed by atoms with E-state index in [1.807, 2.05) is 37.3 Å². The van der Waals surface area contributed by atoms with E-state index in [1.165, 1.54) is 10.4 Å². The summed E-state index contributed by atoms with van der Waals surface area (Å²) in [6.45, 7) is 3.63. The molecule has 6 nitrogen and oxygen atoms in total. The Hall–Kier alpha value is -2.76. The average molecular weight is 512 g/mol. The molecule has 192 valence electrons. The summed E-state index contributed by atoms with van der Waals surface area (Å²) in [4.78, 5) is 11.7. The third-order valence-electron chi connectivity index (χ3n) is 7.87. The Kier molecular flexibility index (Phi) is 7.82. The summed E-state index contributed by atoms with van der Waals surface area (Å²) >= 11 is 0. The number of carbonyl (C=O) groups excluding carboxylic acids is 1. The molecule has 1 saturated carbocycles. The molecule has 1 aliphatic heterocycles. The molecule has 2 fully saturated rings. The third kappa shape index (κ3) is 5.18. The molecule has 0 aromatic heterocycles. The van der Waals surface area contributed by atoms with Crippen molar-refractivity contribution in [3.05, 3.63) is 71.0 Å². The van der Waals surface area contributed by atoms with Crippen molar-refractivity contribution in [2.45, 2.75) is 88.1 Å². The SMILES string of the molecule is CCC(=O)NC1CCC(C#N)(c2ccc(CN3[C@@H](C)CC[C@H](c4ccccc4)S3(=O)=O)c(F)c2)CC1. The smallest absolute Gasteiger partial charge is 0.221 e. The van der Waals surface area contributed by atoms with Crippen LogP contribution in [0.2, 0.25) is 0 Å². The Morgan fingerprint density at radius 3 is 2.44 bits per heavy atom. The first-order valence-corrected chi connectivity index (χ1v) is 14.3. The summed E-state index contributed by atoms with van der Waals surface area (Å²) in [6, 6.07) is 16.2. The topological polar surface area (TPSA) is 90.3 Å². The fourth-order valence-electron chi connectivity index (χ4n) is 5.54. The van der Waals surface area contributed by atoms with Crippen molar-refractivity contribution in [3.8, 4) is 6.07 Å². The van der Waals surface area contributed by atoms with Crippen molar-refractivity contribution in [1.29, 1.82) is 5.26 Å². The highest BCUT2D eigenvalue weighted by Crippen LogP contribution is 2.41. The van der Waals surface area contributed by atoms with Crippen LogP contribution >= 0.6 is 0 Å². The number of hydrogen-bond acceptors (Lipinski definition) is 4. The van der Waals surface area contributed by atoms with Crippen LogP contribution in [0.25, 0.3) is 0 Å². The predicted octanol–water partition coefficient (Wildman–Crippen LogP) is 5.11. The molecule has 8 heteroatoms. The summed E-state index contributed by atoms with van der Waals surface area (Å²) in [7, 11) is -3.67. The fourth-order valence-corrected chi connectivity index (χ4v) is 7.73. The minimum atomic E-state index is -3.67. The summed E-state index contributed by atoms with van der Waals surface area (Å²) in [5.74, 6) is -0.496. The molecule has 36 heavy (non-hydrogen) atoms. The van der Waals surface area contributed by atoms with Crippen molar-refractivity contribution in [2.75, 3.05) is 0 Å². The number of carbonyl (C=O) groups is 1. The molecule has 0 unspecified atom stereocenters. The molecule has 4 rings (SSSR count). The molecule has 1 heterocycles. The maximum atomic E-state index is 15.4. The molecule has 1 N–H and O–H groups in total. The number of benzene rings is 2. The first-order chi connectivity index (χ1) is 17.2. The van der Waals surface area contributed by atoms with Crippen LogP contribution in [0.4, 0.5) is 4.39 Å². The number of rotatable bonds is 6. The molecule has 2 atom stereocenters. The van der Waals surface area contributed by atoms with Gasteiger partial charge in [0, 0.05) is 30.6 Å². The van der Waals surface area contributed by atoms with Gasteiger partial charge in [-0.05, 0) is 62.6 Å². The summed E-state index contributed by atoms with van der Waals surface area (Å²) < 4.78 is 43.8. The van der Waals surface area contributed by atoms with Crippen LogP contribution in [-0.4, -0.2) is 30.7 Å². The molecule has 0 spiro atoms. The second-order valence-electron chi connectivity index (χ2n) is 10.1. The maximum Gasteiger partial charge on any atom is 0.221 e. The first-order valence-electron chi connectivity index (χ1n) is 12.8. The monoisotopic (exact) mass is 511 g/mol. The van der Waals surface area contributed by atoms with E-state index in [1.54, 1.807) is 19.1 Å². The lowest BCUT2D eigenvalue weighted by molar-refractivity contribution is -0.121. The molecule has 0 bridgehead atoms. The van der Waals surface area contributed by atoms with Crippen LogP contribution in [0, 0.1) is 17.1 Å². The van der Waals surface area contributed by atoms with Gasteiger partial charge in [0.25, 0.3) is 0 Å².